The largest absolute Gasteiger partial charge is 0.409 e. The van der Waals surface area contributed by atoms with Crippen molar-refractivity contribution in [2.75, 3.05) is 20.2 Å². The molecular weight excluding hydrogens is 234 g/mol. The average Bonchev–Trinajstić information content (AvgIpc) is 2.40. The third-order valence-corrected chi connectivity index (χ3v) is 3.35. The second-order valence-corrected chi connectivity index (χ2v) is 4.68. The zero-order valence-corrected chi connectivity index (χ0v) is 11.5. The maximum atomic E-state index is 12.3. The average molecular weight is 259 g/mol. The molecule has 6 heteroatoms. The molecule has 0 heterocycles. The normalized spacial score (nSPS) is 15.2. The first-order valence-electron chi connectivity index (χ1n) is 6.28. The molecule has 0 bridgehead atoms. The predicted octanol–water partition coefficient (Wildman–Crippen LogP) is 0.770. The lowest BCUT2D eigenvalue weighted by molar-refractivity contribution is -0.136. The first kappa shape index (κ1) is 16.7. The Morgan fingerprint density at radius 3 is 2.44 bits per heavy atom. The van der Waals surface area contributed by atoms with Crippen LogP contribution in [0.5, 0.6) is 0 Å². The minimum Gasteiger partial charge on any atom is -0.409 e. The molecular formula is C12H25N3O3. The smallest absolute Gasteiger partial charge is 0.235 e. The van der Waals surface area contributed by atoms with Crippen LogP contribution in [0.1, 0.15) is 39.5 Å². The molecule has 6 nitrogen and oxygen atoms in total. The van der Waals surface area contributed by atoms with E-state index in [0.717, 1.165) is 19.3 Å². The van der Waals surface area contributed by atoms with Gasteiger partial charge >= 0.3 is 0 Å². The van der Waals surface area contributed by atoms with Crippen LogP contribution < -0.4 is 5.73 Å². The number of amidine groups is 1. The molecule has 0 aliphatic carbocycles. The Morgan fingerprint density at radius 2 is 2.00 bits per heavy atom. The van der Waals surface area contributed by atoms with Gasteiger partial charge in [0.2, 0.25) is 5.91 Å². The number of aliphatic hydroxyl groups is 1. The molecule has 4 N–H and O–H groups in total. The van der Waals surface area contributed by atoms with E-state index >= 15 is 0 Å². The highest BCUT2D eigenvalue weighted by atomic mass is 16.4. The van der Waals surface area contributed by atoms with E-state index in [9.17, 15) is 4.79 Å². The van der Waals surface area contributed by atoms with E-state index in [0.29, 0.717) is 13.0 Å². The van der Waals surface area contributed by atoms with Gasteiger partial charge in [0.1, 0.15) is 5.41 Å². The lowest BCUT2D eigenvalue weighted by Crippen LogP contribution is -2.48. The number of nitrogens with two attached hydrogens (primary N) is 1. The Balaban J connectivity index is 4.50. The van der Waals surface area contributed by atoms with Crippen molar-refractivity contribution in [3.63, 3.8) is 0 Å². The third kappa shape index (κ3) is 4.18. The molecule has 0 aromatic carbocycles. The number of carbonyl (C=O) groups excluding carboxylic acids is 1. The SMILES string of the molecule is CCC(C)(C(=O)N(C)CCCCCO)C(N)=NO. The number of amides is 1. The quantitative estimate of drug-likeness (QED) is 0.197. The van der Waals surface area contributed by atoms with E-state index in [4.69, 9.17) is 16.0 Å². The monoisotopic (exact) mass is 259 g/mol. The van der Waals surface area contributed by atoms with Crippen molar-refractivity contribution in [3.05, 3.63) is 0 Å². The van der Waals surface area contributed by atoms with E-state index in [1.807, 2.05) is 6.92 Å². The standard InChI is InChI=1S/C12H25N3O3/c1-4-12(2,10(13)14-18)11(17)15(3)8-6-5-7-9-16/h16,18H,4-9H2,1-3H3,(H2,13,14). The number of oxime groups is 1. The molecule has 106 valence electrons. The van der Waals surface area contributed by atoms with Gasteiger partial charge in [-0.1, -0.05) is 12.1 Å². The number of rotatable bonds is 8. The molecule has 0 aromatic heterocycles. The van der Waals surface area contributed by atoms with Crippen LogP contribution in [0.15, 0.2) is 5.16 Å². The summed E-state index contributed by atoms with van der Waals surface area (Å²) in [5.41, 5.74) is 4.64. The van der Waals surface area contributed by atoms with Crippen LogP contribution in [0, 0.1) is 5.41 Å². The first-order chi connectivity index (χ1) is 8.43. The van der Waals surface area contributed by atoms with Crippen LogP contribution >= 0.6 is 0 Å². The summed E-state index contributed by atoms with van der Waals surface area (Å²) >= 11 is 0. The zero-order valence-electron chi connectivity index (χ0n) is 11.5. The highest BCUT2D eigenvalue weighted by Gasteiger charge is 2.38. The minimum absolute atomic E-state index is 0.0581. The number of hydrogen-bond donors (Lipinski definition) is 3. The second kappa shape index (κ2) is 7.92. The van der Waals surface area contributed by atoms with Gasteiger partial charge in [0.15, 0.2) is 5.84 Å². The fraction of sp³-hybridized carbons (Fsp3) is 0.833. The minimum atomic E-state index is -0.958. The summed E-state index contributed by atoms with van der Waals surface area (Å²) in [4.78, 5) is 13.9. The van der Waals surface area contributed by atoms with Crippen molar-refractivity contribution in [1.29, 1.82) is 0 Å². The Bertz CT molecular complexity index is 294. The number of unbranched alkanes of at least 4 members (excludes halogenated alkanes) is 2. The zero-order chi connectivity index (χ0) is 14.2. The molecule has 0 saturated carbocycles. The van der Waals surface area contributed by atoms with Crippen LogP contribution in [-0.2, 0) is 4.79 Å². The number of aliphatic hydroxyl groups excluding tert-OH is 1. The molecule has 1 amide bonds. The van der Waals surface area contributed by atoms with E-state index in [1.54, 1.807) is 18.9 Å². The van der Waals surface area contributed by atoms with Crippen LogP contribution in [-0.4, -0.2) is 47.2 Å². The molecule has 0 aromatic rings. The van der Waals surface area contributed by atoms with Crippen LogP contribution in [0.4, 0.5) is 0 Å². The van der Waals surface area contributed by atoms with Crippen molar-refractivity contribution < 1.29 is 15.1 Å². The summed E-state index contributed by atoms with van der Waals surface area (Å²) < 4.78 is 0. The molecule has 0 radical (unpaired) electrons. The number of carbonyl (C=O) groups is 1. The molecule has 1 atom stereocenters. The number of hydrogen-bond acceptors (Lipinski definition) is 4. The summed E-state index contributed by atoms with van der Waals surface area (Å²) in [5, 5.41) is 20.4. The lowest BCUT2D eigenvalue weighted by atomic mass is 9.84. The van der Waals surface area contributed by atoms with E-state index < -0.39 is 5.41 Å². The van der Waals surface area contributed by atoms with Crippen molar-refractivity contribution in [2.45, 2.75) is 39.5 Å². The van der Waals surface area contributed by atoms with Gasteiger partial charge in [-0.15, -0.1) is 0 Å². The van der Waals surface area contributed by atoms with Crippen molar-refractivity contribution >= 4 is 11.7 Å². The van der Waals surface area contributed by atoms with Gasteiger partial charge in [-0.2, -0.15) is 0 Å². The van der Waals surface area contributed by atoms with Crippen molar-refractivity contribution in [1.82, 2.24) is 4.90 Å². The molecule has 0 rings (SSSR count). The maximum Gasteiger partial charge on any atom is 0.235 e. The maximum absolute atomic E-state index is 12.3. The Morgan fingerprint density at radius 1 is 1.39 bits per heavy atom. The van der Waals surface area contributed by atoms with Crippen LogP contribution in [0.3, 0.4) is 0 Å². The highest BCUT2D eigenvalue weighted by Crippen LogP contribution is 2.24. The summed E-state index contributed by atoms with van der Waals surface area (Å²) in [6.07, 6.45) is 2.93. The third-order valence-electron chi connectivity index (χ3n) is 3.35. The van der Waals surface area contributed by atoms with Gasteiger partial charge < -0.3 is 20.9 Å². The molecule has 1 unspecified atom stereocenters. The first-order valence-corrected chi connectivity index (χ1v) is 6.28. The summed E-state index contributed by atoms with van der Waals surface area (Å²) in [5.74, 6) is -0.207. The van der Waals surface area contributed by atoms with E-state index in [2.05, 4.69) is 5.16 Å². The van der Waals surface area contributed by atoms with Gasteiger partial charge in [0.05, 0.1) is 0 Å². The molecule has 0 spiro atoms. The Kier molecular flexibility index (Phi) is 7.35. The van der Waals surface area contributed by atoms with E-state index in [1.165, 1.54) is 0 Å². The summed E-state index contributed by atoms with van der Waals surface area (Å²) in [6, 6.07) is 0. The fourth-order valence-electron chi connectivity index (χ4n) is 1.71. The Hall–Kier alpha value is -1.30. The second-order valence-electron chi connectivity index (χ2n) is 4.68. The van der Waals surface area contributed by atoms with Gasteiger partial charge in [0.25, 0.3) is 0 Å². The molecule has 0 saturated heterocycles. The van der Waals surface area contributed by atoms with Gasteiger partial charge in [0, 0.05) is 20.2 Å². The molecule has 0 fully saturated rings. The van der Waals surface area contributed by atoms with Crippen molar-refractivity contribution in [2.24, 2.45) is 16.3 Å². The van der Waals surface area contributed by atoms with Crippen molar-refractivity contribution in [3.8, 4) is 0 Å². The number of nitrogens with zero attached hydrogens (tertiary/aromatic N) is 2. The van der Waals surface area contributed by atoms with Gasteiger partial charge in [-0.25, -0.2) is 0 Å². The molecule has 0 aliphatic heterocycles. The molecule has 0 aliphatic rings. The van der Waals surface area contributed by atoms with Crippen LogP contribution in [0.2, 0.25) is 0 Å². The fourth-order valence-corrected chi connectivity index (χ4v) is 1.71. The van der Waals surface area contributed by atoms with Gasteiger partial charge in [-0.05, 0) is 32.6 Å². The summed E-state index contributed by atoms with van der Waals surface area (Å²) in [6.45, 7) is 4.28. The lowest BCUT2D eigenvalue weighted by Gasteiger charge is -2.30. The topological polar surface area (TPSA) is 99.2 Å². The van der Waals surface area contributed by atoms with Gasteiger partial charge in [-0.3, -0.25) is 4.79 Å². The summed E-state index contributed by atoms with van der Waals surface area (Å²) in [7, 11) is 1.71. The Labute approximate surface area is 108 Å². The highest BCUT2D eigenvalue weighted by molar-refractivity contribution is 6.06. The predicted molar refractivity (Wildman–Crippen MR) is 70.4 cm³/mol. The van der Waals surface area contributed by atoms with Crippen LogP contribution in [0.25, 0.3) is 0 Å². The molecule has 18 heavy (non-hydrogen) atoms. The van der Waals surface area contributed by atoms with E-state index in [-0.39, 0.29) is 18.3 Å².